The molecule has 0 spiro atoms. The van der Waals surface area contributed by atoms with Gasteiger partial charge in [-0.1, -0.05) is 11.6 Å². The zero-order valence-electron chi connectivity index (χ0n) is 10.8. The van der Waals surface area contributed by atoms with Gasteiger partial charge in [0.05, 0.1) is 11.1 Å². The maximum Gasteiger partial charge on any atom is 0.212 e. The summed E-state index contributed by atoms with van der Waals surface area (Å²) in [5, 5.41) is 0.356. The zero-order valence-corrected chi connectivity index (χ0v) is 11.5. The quantitative estimate of drug-likeness (QED) is 0.798. The normalized spacial score (nSPS) is 10.5. The predicted molar refractivity (Wildman–Crippen MR) is 74.9 cm³/mol. The Bertz CT molecular complexity index is 579. The molecule has 98 valence electrons. The van der Waals surface area contributed by atoms with E-state index in [2.05, 4.69) is 4.98 Å². The van der Waals surface area contributed by atoms with Crippen molar-refractivity contribution >= 4 is 17.4 Å². The number of aromatic nitrogens is 1. The van der Waals surface area contributed by atoms with Crippen LogP contribution in [0.15, 0.2) is 42.6 Å². The van der Waals surface area contributed by atoms with Gasteiger partial charge in [0, 0.05) is 11.8 Å². The number of pyridine rings is 1. The fraction of sp³-hybridized carbons (Fsp3) is 0.200. The molecule has 1 heterocycles. The van der Waals surface area contributed by atoms with Gasteiger partial charge in [0.25, 0.3) is 0 Å². The van der Waals surface area contributed by atoms with Crippen molar-refractivity contribution in [2.45, 2.75) is 20.0 Å². The van der Waals surface area contributed by atoms with E-state index in [-0.39, 0.29) is 17.6 Å². The van der Waals surface area contributed by atoms with Crippen LogP contribution in [0.5, 0.6) is 5.75 Å². The number of rotatable bonds is 4. The maximum absolute atomic E-state index is 12.2. The Kier molecular flexibility index (Phi) is 4.17. The lowest BCUT2D eigenvalue weighted by atomic mass is 10.1. The van der Waals surface area contributed by atoms with Crippen LogP contribution in [0.4, 0.5) is 0 Å². The zero-order chi connectivity index (χ0) is 13.8. The average Bonchev–Trinajstić information content (AvgIpc) is 2.39. The third-order valence-corrected chi connectivity index (χ3v) is 2.77. The molecular weight excluding hydrogens is 262 g/mol. The van der Waals surface area contributed by atoms with Crippen LogP contribution < -0.4 is 4.74 Å². The molecule has 0 aliphatic carbocycles. The van der Waals surface area contributed by atoms with Gasteiger partial charge in [-0.3, -0.25) is 9.78 Å². The second-order valence-electron chi connectivity index (χ2n) is 4.35. The number of benzene rings is 1. The van der Waals surface area contributed by atoms with Crippen molar-refractivity contribution < 1.29 is 9.53 Å². The molecule has 2 rings (SSSR count). The van der Waals surface area contributed by atoms with Crippen LogP contribution in [0.1, 0.15) is 29.9 Å². The van der Waals surface area contributed by atoms with Crippen LogP contribution in [0.2, 0.25) is 5.02 Å². The lowest BCUT2D eigenvalue weighted by molar-refractivity contribution is 0.103. The van der Waals surface area contributed by atoms with Crippen molar-refractivity contribution in [1.29, 1.82) is 0 Å². The van der Waals surface area contributed by atoms with E-state index in [1.807, 2.05) is 13.8 Å². The highest BCUT2D eigenvalue weighted by molar-refractivity contribution is 6.34. The van der Waals surface area contributed by atoms with Crippen molar-refractivity contribution in [2.75, 3.05) is 0 Å². The summed E-state index contributed by atoms with van der Waals surface area (Å²) < 4.78 is 5.53. The summed E-state index contributed by atoms with van der Waals surface area (Å²) in [4.78, 5) is 16.2. The topological polar surface area (TPSA) is 39.2 Å². The Morgan fingerprint density at radius 1 is 1.21 bits per heavy atom. The molecule has 0 radical (unpaired) electrons. The Labute approximate surface area is 117 Å². The van der Waals surface area contributed by atoms with Gasteiger partial charge in [0.2, 0.25) is 5.78 Å². The van der Waals surface area contributed by atoms with Crippen molar-refractivity contribution in [3.63, 3.8) is 0 Å². The Morgan fingerprint density at radius 2 is 1.89 bits per heavy atom. The molecule has 0 bridgehead atoms. The van der Waals surface area contributed by atoms with Gasteiger partial charge < -0.3 is 4.74 Å². The highest BCUT2D eigenvalue weighted by atomic mass is 35.5. The van der Waals surface area contributed by atoms with Gasteiger partial charge in [-0.05, 0) is 50.2 Å². The second kappa shape index (κ2) is 5.85. The summed E-state index contributed by atoms with van der Waals surface area (Å²) in [5.74, 6) is 0.542. The summed E-state index contributed by atoms with van der Waals surface area (Å²) >= 11 is 5.96. The number of nitrogens with zero attached hydrogens (tertiary/aromatic N) is 1. The Hall–Kier alpha value is -1.87. The number of ketones is 1. The first-order chi connectivity index (χ1) is 9.08. The van der Waals surface area contributed by atoms with E-state index in [0.717, 1.165) is 5.75 Å². The van der Waals surface area contributed by atoms with E-state index in [4.69, 9.17) is 16.3 Å². The monoisotopic (exact) mass is 275 g/mol. The molecule has 4 heteroatoms. The molecular formula is C15H14ClNO2. The number of halogens is 1. The molecule has 0 saturated heterocycles. The van der Waals surface area contributed by atoms with Gasteiger partial charge in [0.1, 0.15) is 11.4 Å². The first kappa shape index (κ1) is 13.6. The first-order valence-corrected chi connectivity index (χ1v) is 6.37. The summed E-state index contributed by atoms with van der Waals surface area (Å²) in [5.41, 5.74) is 0.804. The molecule has 2 aromatic rings. The average molecular weight is 276 g/mol. The fourth-order valence-corrected chi connectivity index (χ4v) is 1.85. The molecule has 0 atom stereocenters. The third-order valence-electron chi connectivity index (χ3n) is 2.46. The lowest BCUT2D eigenvalue weighted by Crippen LogP contribution is -2.07. The first-order valence-electron chi connectivity index (χ1n) is 6.00. The van der Waals surface area contributed by atoms with E-state index in [1.165, 1.54) is 0 Å². The van der Waals surface area contributed by atoms with Crippen molar-refractivity contribution in [1.82, 2.24) is 4.98 Å². The van der Waals surface area contributed by atoms with E-state index in [9.17, 15) is 4.79 Å². The molecule has 0 amide bonds. The summed E-state index contributed by atoms with van der Waals surface area (Å²) in [6.45, 7) is 3.90. The lowest BCUT2D eigenvalue weighted by Gasteiger charge is -2.09. The minimum Gasteiger partial charge on any atom is -0.491 e. The van der Waals surface area contributed by atoms with Crippen LogP contribution in [-0.4, -0.2) is 16.9 Å². The SMILES string of the molecule is CC(C)Oc1ccc(C(=O)c2ncccc2Cl)cc1. The number of carbonyl (C=O) groups is 1. The van der Waals surface area contributed by atoms with Crippen molar-refractivity contribution in [3.8, 4) is 5.75 Å². The Morgan fingerprint density at radius 3 is 2.47 bits per heavy atom. The molecule has 0 saturated carbocycles. The fourth-order valence-electron chi connectivity index (χ4n) is 1.65. The maximum atomic E-state index is 12.2. The number of hydrogen-bond donors (Lipinski definition) is 0. The highest BCUT2D eigenvalue weighted by Gasteiger charge is 2.13. The standard InChI is InChI=1S/C15H14ClNO2/c1-10(2)19-12-7-5-11(6-8-12)15(18)14-13(16)4-3-9-17-14/h3-10H,1-2H3. The molecule has 0 aliphatic rings. The molecule has 0 aliphatic heterocycles. The van der Waals surface area contributed by atoms with Gasteiger partial charge in [-0.25, -0.2) is 0 Å². The predicted octanol–water partition coefficient (Wildman–Crippen LogP) is 3.75. The largest absolute Gasteiger partial charge is 0.491 e. The Balaban J connectivity index is 2.23. The van der Waals surface area contributed by atoms with Crippen LogP contribution >= 0.6 is 11.6 Å². The van der Waals surface area contributed by atoms with Gasteiger partial charge in [0.15, 0.2) is 0 Å². The van der Waals surface area contributed by atoms with Crippen molar-refractivity contribution in [2.24, 2.45) is 0 Å². The molecule has 3 nitrogen and oxygen atoms in total. The number of carbonyl (C=O) groups excluding carboxylic acids is 1. The van der Waals surface area contributed by atoms with Crippen LogP contribution in [0, 0.1) is 0 Å². The van der Waals surface area contributed by atoms with Gasteiger partial charge in [-0.15, -0.1) is 0 Å². The van der Waals surface area contributed by atoms with Crippen LogP contribution in [-0.2, 0) is 0 Å². The minimum absolute atomic E-state index is 0.104. The number of ether oxygens (including phenoxy) is 1. The van der Waals surface area contributed by atoms with E-state index in [0.29, 0.717) is 10.6 Å². The molecule has 0 N–H and O–H groups in total. The van der Waals surface area contributed by atoms with E-state index >= 15 is 0 Å². The second-order valence-corrected chi connectivity index (χ2v) is 4.76. The smallest absolute Gasteiger partial charge is 0.212 e. The molecule has 19 heavy (non-hydrogen) atoms. The summed E-state index contributed by atoms with van der Waals surface area (Å²) in [7, 11) is 0. The van der Waals surface area contributed by atoms with Gasteiger partial charge in [-0.2, -0.15) is 0 Å². The summed E-state index contributed by atoms with van der Waals surface area (Å²) in [6.07, 6.45) is 1.65. The minimum atomic E-state index is -0.193. The van der Waals surface area contributed by atoms with E-state index < -0.39 is 0 Å². The number of hydrogen-bond acceptors (Lipinski definition) is 3. The van der Waals surface area contributed by atoms with Gasteiger partial charge >= 0.3 is 0 Å². The molecule has 1 aromatic heterocycles. The summed E-state index contributed by atoms with van der Waals surface area (Å²) in [6, 6.07) is 10.3. The third kappa shape index (κ3) is 3.32. The van der Waals surface area contributed by atoms with Crippen LogP contribution in [0.25, 0.3) is 0 Å². The molecule has 1 aromatic carbocycles. The van der Waals surface area contributed by atoms with Crippen molar-refractivity contribution in [3.05, 3.63) is 58.9 Å². The van der Waals surface area contributed by atoms with E-state index in [1.54, 1.807) is 42.6 Å². The highest BCUT2D eigenvalue weighted by Crippen LogP contribution is 2.19. The molecule has 0 fully saturated rings. The molecule has 0 unspecified atom stereocenters. The van der Waals surface area contributed by atoms with Crippen LogP contribution in [0.3, 0.4) is 0 Å².